The molecule has 0 saturated heterocycles. The summed E-state index contributed by atoms with van der Waals surface area (Å²) >= 11 is 0. The summed E-state index contributed by atoms with van der Waals surface area (Å²) in [4.78, 5) is 11.9. The maximum absolute atomic E-state index is 13.6. The van der Waals surface area contributed by atoms with Gasteiger partial charge in [0.2, 0.25) is 0 Å². The quantitative estimate of drug-likeness (QED) is 0.845. The number of benzene rings is 1. The first kappa shape index (κ1) is 13.0. The lowest BCUT2D eigenvalue weighted by Crippen LogP contribution is -2.61. The van der Waals surface area contributed by atoms with E-state index in [1.807, 2.05) is 13.8 Å². The molecule has 1 aliphatic carbocycles. The molecule has 18 heavy (non-hydrogen) atoms. The summed E-state index contributed by atoms with van der Waals surface area (Å²) in [5, 5.41) is 12.4. The Morgan fingerprint density at radius 2 is 2.17 bits per heavy atom. The van der Waals surface area contributed by atoms with E-state index in [0.717, 1.165) is 5.56 Å². The van der Waals surface area contributed by atoms with Crippen LogP contribution in [-0.4, -0.2) is 23.2 Å². The molecule has 2 rings (SSSR count). The number of halogens is 1. The molecule has 0 aliphatic heterocycles. The van der Waals surface area contributed by atoms with Crippen LogP contribution in [0.25, 0.3) is 0 Å². The minimum Gasteiger partial charge on any atom is -0.392 e. The molecule has 0 aromatic heterocycles. The Hall–Kier alpha value is -1.42. The van der Waals surface area contributed by atoms with Crippen LogP contribution in [0, 0.1) is 18.2 Å². The molecule has 1 fully saturated rings. The summed E-state index contributed by atoms with van der Waals surface area (Å²) in [6.45, 7) is 5.55. The number of nitrogens with one attached hydrogen (secondary N) is 1. The van der Waals surface area contributed by atoms with Crippen molar-refractivity contribution in [2.75, 3.05) is 0 Å². The molecule has 0 spiro atoms. The lowest BCUT2D eigenvalue weighted by atomic mass is 9.64. The molecule has 2 N–H and O–H groups in total. The van der Waals surface area contributed by atoms with Crippen LogP contribution in [-0.2, 0) is 0 Å². The highest BCUT2D eigenvalue weighted by Gasteiger charge is 2.48. The first-order chi connectivity index (χ1) is 8.32. The Kier molecular flexibility index (Phi) is 3.15. The molecule has 4 heteroatoms. The molecule has 0 bridgehead atoms. The van der Waals surface area contributed by atoms with Crippen molar-refractivity contribution in [2.45, 2.75) is 39.3 Å². The lowest BCUT2D eigenvalue weighted by molar-refractivity contribution is -0.0689. The number of hydrogen-bond acceptors (Lipinski definition) is 2. The Morgan fingerprint density at radius 3 is 2.67 bits per heavy atom. The molecular weight excluding hydrogens is 233 g/mol. The van der Waals surface area contributed by atoms with Crippen molar-refractivity contribution >= 4 is 5.91 Å². The molecule has 1 saturated carbocycles. The average molecular weight is 251 g/mol. The van der Waals surface area contributed by atoms with Crippen molar-refractivity contribution in [3.05, 3.63) is 35.1 Å². The minimum absolute atomic E-state index is 0.0535. The van der Waals surface area contributed by atoms with Gasteiger partial charge in [0, 0.05) is 11.5 Å². The van der Waals surface area contributed by atoms with Gasteiger partial charge in [0.25, 0.3) is 5.91 Å². The van der Waals surface area contributed by atoms with E-state index < -0.39 is 17.8 Å². The number of rotatable bonds is 2. The van der Waals surface area contributed by atoms with Crippen molar-refractivity contribution < 1.29 is 14.3 Å². The van der Waals surface area contributed by atoms with Crippen LogP contribution in [0.1, 0.15) is 36.2 Å². The second-order valence-electron chi connectivity index (χ2n) is 5.58. The van der Waals surface area contributed by atoms with Crippen LogP contribution in [0.15, 0.2) is 18.2 Å². The molecule has 1 amide bonds. The van der Waals surface area contributed by atoms with E-state index in [-0.39, 0.29) is 17.0 Å². The highest BCUT2D eigenvalue weighted by Crippen LogP contribution is 2.40. The van der Waals surface area contributed by atoms with Gasteiger partial charge in [-0.3, -0.25) is 4.79 Å². The molecule has 98 valence electrons. The number of aryl methyl sites for hydroxylation is 1. The smallest absolute Gasteiger partial charge is 0.254 e. The van der Waals surface area contributed by atoms with Crippen LogP contribution >= 0.6 is 0 Å². The predicted octanol–water partition coefficient (Wildman–Crippen LogP) is 2.02. The lowest BCUT2D eigenvalue weighted by Gasteiger charge is -2.49. The van der Waals surface area contributed by atoms with Gasteiger partial charge in [-0.2, -0.15) is 0 Å². The minimum atomic E-state index is -0.509. The fraction of sp³-hybridized carbons (Fsp3) is 0.500. The van der Waals surface area contributed by atoms with E-state index in [0.29, 0.717) is 6.42 Å². The van der Waals surface area contributed by atoms with Gasteiger partial charge >= 0.3 is 0 Å². The molecule has 2 unspecified atom stereocenters. The number of carbonyl (C=O) groups excluding carboxylic acids is 1. The highest BCUT2D eigenvalue weighted by atomic mass is 19.1. The van der Waals surface area contributed by atoms with Gasteiger partial charge in [-0.05, 0) is 31.0 Å². The molecule has 3 nitrogen and oxygen atoms in total. The fourth-order valence-corrected chi connectivity index (χ4v) is 2.19. The summed E-state index contributed by atoms with van der Waals surface area (Å²) in [5.41, 5.74) is 0.484. The van der Waals surface area contributed by atoms with Crippen LogP contribution in [0.5, 0.6) is 0 Å². The maximum Gasteiger partial charge on any atom is 0.254 e. The Morgan fingerprint density at radius 1 is 1.50 bits per heavy atom. The van der Waals surface area contributed by atoms with Gasteiger partial charge in [-0.1, -0.05) is 19.9 Å². The zero-order chi connectivity index (χ0) is 13.5. The third kappa shape index (κ3) is 2.12. The standard InChI is InChI=1S/C14H18FNO2/c1-8-4-5-9(10(15)6-8)13(18)16-11-7-12(17)14(11,2)3/h4-6,11-12,17H,7H2,1-3H3,(H,16,18). The van der Waals surface area contributed by atoms with Gasteiger partial charge in [-0.15, -0.1) is 0 Å². The molecule has 1 aromatic rings. The van der Waals surface area contributed by atoms with Gasteiger partial charge in [0.1, 0.15) is 5.82 Å². The number of amides is 1. The average Bonchev–Trinajstić information content (AvgIpc) is 2.28. The fourth-order valence-electron chi connectivity index (χ4n) is 2.19. The van der Waals surface area contributed by atoms with Gasteiger partial charge < -0.3 is 10.4 Å². The number of aliphatic hydroxyl groups excluding tert-OH is 1. The van der Waals surface area contributed by atoms with Gasteiger partial charge in [-0.25, -0.2) is 4.39 Å². The van der Waals surface area contributed by atoms with Gasteiger partial charge in [0.15, 0.2) is 0 Å². The second-order valence-corrected chi connectivity index (χ2v) is 5.58. The number of aliphatic hydroxyl groups is 1. The Labute approximate surface area is 106 Å². The second kappa shape index (κ2) is 4.35. The Balaban J connectivity index is 2.09. The maximum atomic E-state index is 13.6. The topological polar surface area (TPSA) is 49.3 Å². The van der Waals surface area contributed by atoms with Crippen molar-refractivity contribution in [1.82, 2.24) is 5.32 Å². The number of carbonyl (C=O) groups is 1. The van der Waals surface area contributed by atoms with Crippen molar-refractivity contribution in [3.8, 4) is 0 Å². The SMILES string of the molecule is Cc1ccc(C(=O)NC2CC(O)C2(C)C)c(F)c1. The van der Waals surface area contributed by atoms with Crippen LogP contribution in [0.2, 0.25) is 0 Å². The summed E-state index contributed by atoms with van der Waals surface area (Å²) in [6.07, 6.45) is 0.109. The molecule has 1 aliphatic rings. The van der Waals surface area contributed by atoms with E-state index in [4.69, 9.17) is 0 Å². The van der Waals surface area contributed by atoms with Gasteiger partial charge in [0.05, 0.1) is 11.7 Å². The zero-order valence-corrected chi connectivity index (χ0v) is 10.8. The van der Waals surface area contributed by atoms with Crippen molar-refractivity contribution in [2.24, 2.45) is 5.41 Å². The molecule has 0 radical (unpaired) electrons. The normalized spacial score (nSPS) is 25.4. The van der Waals surface area contributed by atoms with E-state index in [1.165, 1.54) is 12.1 Å². The molecular formula is C14H18FNO2. The van der Waals surface area contributed by atoms with E-state index >= 15 is 0 Å². The Bertz CT molecular complexity index is 485. The first-order valence-electron chi connectivity index (χ1n) is 6.07. The summed E-state index contributed by atoms with van der Waals surface area (Å²) in [6, 6.07) is 4.43. The molecule has 2 atom stereocenters. The van der Waals surface area contributed by atoms with E-state index in [1.54, 1.807) is 13.0 Å². The zero-order valence-electron chi connectivity index (χ0n) is 10.8. The largest absolute Gasteiger partial charge is 0.392 e. The molecule has 0 heterocycles. The number of hydrogen-bond donors (Lipinski definition) is 2. The third-order valence-electron chi connectivity index (χ3n) is 3.89. The van der Waals surface area contributed by atoms with Crippen molar-refractivity contribution in [1.29, 1.82) is 0 Å². The van der Waals surface area contributed by atoms with Crippen molar-refractivity contribution in [3.63, 3.8) is 0 Å². The summed E-state index contributed by atoms with van der Waals surface area (Å²) < 4.78 is 13.6. The monoisotopic (exact) mass is 251 g/mol. The predicted molar refractivity (Wildman–Crippen MR) is 66.8 cm³/mol. The highest BCUT2D eigenvalue weighted by molar-refractivity contribution is 5.94. The third-order valence-corrected chi connectivity index (χ3v) is 3.89. The van der Waals surface area contributed by atoms with Crippen LogP contribution < -0.4 is 5.32 Å². The van der Waals surface area contributed by atoms with Crippen LogP contribution in [0.4, 0.5) is 4.39 Å². The first-order valence-corrected chi connectivity index (χ1v) is 6.07. The summed E-state index contributed by atoms with van der Waals surface area (Å²) in [7, 11) is 0. The molecule has 1 aromatic carbocycles. The van der Waals surface area contributed by atoms with E-state index in [9.17, 15) is 14.3 Å². The van der Waals surface area contributed by atoms with Crippen LogP contribution in [0.3, 0.4) is 0 Å². The summed E-state index contributed by atoms with van der Waals surface area (Å²) in [5.74, 6) is -0.928. The van der Waals surface area contributed by atoms with E-state index in [2.05, 4.69) is 5.32 Å².